The Labute approximate surface area is 98.5 Å². The molecule has 0 aliphatic heterocycles. The SMILES string of the molecule is CCCCCC(C)(CCC)c1ccc(F)[nH]1. The maximum atomic E-state index is 13.0. The van der Waals surface area contributed by atoms with Crippen molar-refractivity contribution in [1.29, 1.82) is 0 Å². The maximum absolute atomic E-state index is 13.0. The maximum Gasteiger partial charge on any atom is 0.191 e. The van der Waals surface area contributed by atoms with Gasteiger partial charge in [-0.1, -0.05) is 46.5 Å². The summed E-state index contributed by atoms with van der Waals surface area (Å²) in [5, 5.41) is 0. The fourth-order valence-corrected chi connectivity index (χ4v) is 2.43. The van der Waals surface area contributed by atoms with Gasteiger partial charge in [0.15, 0.2) is 5.95 Å². The van der Waals surface area contributed by atoms with Gasteiger partial charge in [0.1, 0.15) is 0 Å². The average Bonchev–Trinajstić information content (AvgIpc) is 2.66. The van der Waals surface area contributed by atoms with Gasteiger partial charge >= 0.3 is 0 Å². The molecular formula is C14H24FN. The van der Waals surface area contributed by atoms with Crippen molar-refractivity contribution in [3.05, 3.63) is 23.8 Å². The standard InChI is InChI=1S/C14H24FN/c1-4-6-7-11-14(3,10-5-2)12-8-9-13(15)16-12/h8-9,16H,4-7,10-11H2,1-3H3. The Morgan fingerprint density at radius 3 is 2.38 bits per heavy atom. The van der Waals surface area contributed by atoms with E-state index in [0.29, 0.717) is 0 Å². The van der Waals surface area contributed by atoms with E-state index in [1.54, 1.807) is 0 Å². The lowest BCUT2D eigenvalue weighted by Crippen LogP contribution is -2.22. The van der Waals surface area contributed by atoms with Crippen LogP contribution in [0, 0.1) is 5.95 Å². The zero-order chi connectivity index (χ0) is 12.0. The fraction of sp³-hybridized carbons (Fsp3) is 0.714. The summed E-state index contributed by atoms with van der Waals surface area (Å²) in [6.45, 7) is 6.65. The van der Waals surface area contributed by atoms with Gasteiger partial charge in [0, 0.05) is 11.1 Å². The highest BCUT2D eigenvalue weighted by Gasteiger charge is 2.26. The third-order valence-corrected chi connectivity index (χ3v) is 3.43. The number of hydrogen-bond acceptors (Lipinski definition) is 0. The third kappa shape index (κ3) is 3.36. The molecule has 16 heavy (non-hydrogen) atoms. The van der Waals surface area contributed by atoms with Crippen LogP contribution in [0.25, 0.3) is 0 Å². The van der Waals surface area contributed by atoms with Gasteiger partial charge in [-0.15, -0.1) is 0 Å². The van der Waals surface area contributed by atoms with Gasteiger partial charge in [-0.2, -0.15) is 4.39 Å². The highest BCUT2D eigenvalue weighted by atomic mass is 19.1. The quantitative estimate of drug-likeness (QED) is 0.642. The number of aromatic nitrogens is 1. The number of H-pyrrole nitrogens is 1. The number of unbranched alkanes of at least 4 members (excludes halogenated alkanes) is 2. The first-order valence-electron chi connectivity index (χ1n) is 6.47. The Morgan fingerprint density at radius 2 is 1.88 bits per heavy atom. The number of hydrogen-bond donors (Lipinski definition) is 1. The van der Waals surface area contributed by atoms with E-state index in [1.807, 2.05) is 6.07 Å². The van der Waals surface area contributed by atoms with Crippen molar-refractivity contribution in [2.45, 2.75) is 64.7 Å². The van der Waals surface area contributed by atoms with Crippen molar-refractivity contribution >= 4 is 0 Å². The fourth-order valence-electron chi connectivity index (χ4n) is 2.43. The van der Waals surface area contributed by atoms with Crippen LogP contribution in [-0.4, -0.2) is 4.98 Å². The van der Waals surface area contributed by atoms with Crippen LogP contribution in [0.2, 0.25) is 0 Å². The van der Waals surface area contributed by atoms with Crippen molar-refractivity contribution in [1.82, 2.24) is 4.98 Å². The molecule has 1 aromatic heterocycles. The Balaban J connectivity index is 2.71. The van der Waals surface area contributed by atoms with Crippen LogP contribution >= 0.6 is 0 Å². The number of halogens is 1. The first-order valence-corrected chi connectivity index (χ1v) is 6.47. The lowest BCUT2D eigenvalue weighted by Gasteiger charge is -2.28. The van der Waals surface area contributed by atoms with Crippen molar-refractivity contribution in [3.8, 4) is 0 Å². The van der Waals surface area contributed by atoms with Crippen LogP contribution in [0.5, 0.6) is 0 Å². The van der Waals surface area contributed by atoms with Crippen LogP contribution in [-0.2, 0) is 5.41 Å². The number of nitrogens with one attached hydrogen (secondary N) is 1. The van der Waals surface area contributed by atoms with E-state index in [1.165, 1.54) is 25.3 Å². The second kappa shape index (κ2) is 6.07. The number of aromatic amines is 1. The van der Waals surface area contributed by atoms with Crippen molar-refractivity contribution in [2.24, 2.45) is 0 Å². The predicted octanol–water partition coefficient (Wildman–Crippen LogP) is 4.79. The van der Waals surface area contributed by atoms with E-state index < -0.39 is 0 Å². The minimum Gasteiger partial charge on any atom is -0.335 e. The molecule has 0 saturated heterocycles. The molecule has 0 radical (unpaired) electrons. The minimum atomic E-state index is -0.215. The van der Waals surface area contributed by atoms with Crippen molar-refractivity contribution in [2.75, 3.05) is 0 Å². The van der Waals surface area contributed by atoms with Crippen LogP contribution in [0.1, 0.15) is 65.0 Å². The highest BCUT2D eigenvalue weighted by Crippen LogP contribution is 2.33. The summed E-state index contributed by atoms with van der Waals surface area (Å²) in [6, 6.07) is 3.43. The second-order valence-corrected chi connectivity index (χ2v) is 4.99. The van der Waals surface area contributed by atoms with Gasteiger partial charge in [-0.25, -0.2) is 0 Å². The smallest absolute Gasteiger partial charge is 0.191 e. The zero-order valence-electron chi connectivity index (χ0n) is 10.8. The largest absolute Gasteiger partial charge is 0.335 e. The van der Waals surface area contributed by atoms with E-state index in [4.69, 9.17) is 0 Å². The predicted molar refractivity (Wildman–Crippen MR) is 67.2 cm³/mol. The minimum absolute atomic E-state index is 0.119. The molecule has 1 heterocycles. The van der Waals surface area contributed by atoms with Crippen molar-refractivity contribution in [3.63, 3.8) is 0 Å². The van der Waals surface area contributed by atoms with E-state index >= 15 is 0 Å². The van der Waals surface area contributed by atoms with Crippen LogP contribution < -0.4 is 0 Å². The molecule has 0 aromatic carbocycles. The third-order valence-electron chi connectivity index (χ3n) is 3.43. The second-order valence-electron chi connectivity index (χ2n) is 4.99. The molecule has 0 bridgehead atoms. The summed E-state index contributed by atoms with van der Waals surface area (Å²) >= 11 is 0. The summed E-state index contributed by atoms with van der Waals surface area (Å²) in [5.74, 6) is -0.215. The van der Waals surface area contributed by atoms with Crippen molar-refractivity contribution < 1.29 is 4.39 Å². The van der Waals surface area contributed by atoms with Crippen LogP contribution in [0.4, 0.5) is 4.39 Å². The molecule has 1 rings (SSSR count). The molecule has 2 heteroatoms. The molecule has 1 N–H and O–H groups in total. The molecule has 1 unspecified atom stereocenters. The molecule has 0 aliphatic carbocycles. The molecule has 0 amide bonds. The summed E-state index contributed by atoms with van der Waals surface area (Å²) in [6.07, 6.45) is 7.14. The van der Waals surface area contributed by atoms with Gasteiger partial charge < -0.3 is 4.98 Å². The first kappa shape index (κ1) is 13.3. The normalized spacial score (nSPS) is 15.0. The molecule has 0 aliphatic rings. The molecule has 1 nitrogen and oxygen atoms in total. The summed E-state index contributed by atoms with van der Waals surface area (Å²) < 4.78 is 13.0. The van der Waals surface area contributed by atoms with Gasteiger partial charge in [-0.05, 0) is 25.0 Å². The Kier molecular flexibility index (Phi) is 5.04. The summed E-state index contributed by atoms with van der Waals surface area (Å²) in [7, 11) is 0. The Morgan fingerprint density at radius 1 is 1.12 bits per heavy atom. The van der Waals surface area contributed by atoms with E-state index in [2.05, 4.69) is 25.8 Å². The molecule has 92 valence electrons. The first-order chi connectivity index (χ1) is 7.62. The molecule has 0 saturated carbocycles. The van der Waals surface area contributed by atoms with E-state index in [9.17, 15) is 4.39 Å². The molecule has 1 aromatic rings. The monoisotopic (exact) mass is 225 g/mol. The van der Waals surface area contributed by atoms with E-state index in [0.717, 1.165) is 25.0 Å². The topological polar surface area (TPSA) is 15.8 Å². The Bertz CT molecular complexity index is 305. The zero-order valence-corrected chi connectivity index (χ0v) is 10.8. The van der Waals surface area contributed by atoms with E-state index in [-0.39, 0.29) is 11.4 Å². The van der Waals surface area contributed by atoms with Gasteiger partial charge in [-0.3, -0.25) is 0 Å². The average molecular weight is 225 g/mol. The lowest BCUT2D eigenvalue weighted by molar-refractivity contribution is 0.367. The molecule has 0 spiro atoms. The molecule has 1 atom stereocenters. The lowest BCUT2D eigenvalue weighted by atomic mass is 9.78. The summed E-state index contributed by atoms with van der Waals surface area (Å²) in [5.41, 5.74) is 1.18. The summed E-state index contributed by atoms with van der Waals surface area (Å²) in [4.78, 5) is 2.86. The number of rotatable bonds is 7. The Hall–Kier alpha value is -0.790. The van der Waals surface area contributed by atoms with Gasteiger partial charge in [0.05, 0.1) is 0 Å². The van der Waals surface area contributed by atoms with Crippen LogP contribution in [0.15, 0.2) is 12.1 Å². The highest BCUT2D eigenvalue weighted by molar-refractivity contribution is 5.17. The van der Waals surface area contributed by atoms with Crippen LogP contribution in [0.3, 0.4) is 0 Å². The molecular weight excluding hydrogens is 201 g/mol. The molecule has 0 fully saturated rings. The van der Waals surface area contributed by atoms with Gasteiger partial charge in [0.25, 0.3) is 0 Å². The van der Waals surface area contributed by atoms with Gasteiger partial charge in [0.2, 0.25) is 0 Å².